The van der Waals surface area contributed by atoms with Crippen molar-refractivity contribution >= 4 is 28.8 Å². The Morgan fingerprint density at radius 3 is 2.83 bits per heavy atom. The van der Waals surface area contributed by atoms with Gasteiger partial charge in [-0.05, 0) is 29.8 Å². The van der Waals surface area contributed by atoms with E-state index >= 15 is 0 Å². The van der Waals surface area contributed by atoms with Gasteiger partial charge in [0.05, 0.1) is 0 Å². The van der Waals surface area contributed by atoms with Crippen LogP contribution in [0.2, 0.25) is 0 Å². The molecule has 1 amide bonds. The third-order valence-corrected chi connectivity index (χ3v) is 3.54. The van der Waals surface area contributed by atoms with Crippen LogP contribution in [0.1, 0.15) is 21.5 Å². The van der Waals surface area contributed by atoms with Crippen LogP contribution in [0, 0.1) is 11.3 Å². The summed E-state index contributed by atoms with van der Waals surface area (Å²) < 4.78 is 0. The lowest BCUT2D eigenvalue weighted by Crippen LogP contribution is -2.12. The fraction of sp³-hybridized carbons (Fsp3) is 0. The molecule has 0 fully saturated rings. The van der Waals surface area contributed by atoms with Crippen LogP contribution >= 0.6 is 0 Å². The second kappa shape index (κ2) is 6.18. The van der Waals surface area contributed by atoms with Gasteiger partial charge in [0.15, 0.2) is 5.78 Å². The average Bonchev–Trinajstić information content (AvgIpc) is 3.03. The zero-order valence-corrected chi connectivity index (χ0v) is 12.5. The second-order valence-corrected chi connectivity index (χ2v) is 5.09. The molecule has 0 spiro atoms. The van der Waals surface area contributed by atoms with E-state index in [1.54, 1.807) is 48.8 Å². The number of H-pyrrole nitrogens is 1. The van der Waals surface area contributed by atoms with Crippen molar-refractivity contribution in [3.8, 4) is 6.07 Å². The van der Waals surface area contributed by atoms with E-state index in [2.05, 4.69) is 9.97 Å². The Labute approximate surface area is 137 Å². The van der Waals surface area contributed by atoms with Crippen LogP contribution in [0.5, 0.6) is 0 Å². The van der Waals surface area contributed by atoms with Crippen molar-refractivity contribution in [2.45, 2.75) is 0 Å². The fourth-order valence-corrected chi connectivity index (χ4v) is 2.39. The molecule has 24 heavy (non-hydrogen) atoms. The molecule has 0 aliphatic carbocycles. The number of rotatable bonds is 4. The van der Waals surface area contributed by atoms with Gasteiger partial charge < -0.3 is 10.7 Å². The molecule has 0 aliphatic heterocycles. The number of hydrogen-bond donors (Lipinski definition) is 2. The predicted octanol–water partition coefficient (Wildman–Crippen LogP) is 2.19. The van der Waals surface area contributed by atoms with Crippen LogP contribution in [0.25, 0.3) is 17.1 Å². The first-order chi connectivity index (χ1) is 11.6. The summed E-state index contributed by atoms with van der Waals surface area (Å²) >= 11 is 0. The highest BCUT2D eigenvalue weighted by Gasteiger charge is 2.15. The van der Waals surface area contributed by atoms with Crippen LogP contribution in [0.4, 0.5) is 0 Å². The number of ketones is 1. The van der Waals surface area contributed by atoms with Crippen molar-refractivity contribution in [2.24, 2.45) is 5.73 Å². The van der Waals surface area contributed by atoms with Crippen molar-refractivity contribution in [1.29, 1.82) is 5.26 Å². The minimum Gasteiger partial charge on any atom is -0.365 e. The lowest BCUT2D eigenvalue weighted by molar-refractivity contribution is -0.114. The van der Waals surface area contributed by atoms with Gasteiger partial charge in [-0.25, -0.2) is 4.98 Å². The molecule has 0 saturated heterocycles. The molecule has 1 aromatic carbocycles. The number of primary amides is 1. The molecule has 3 rings (SSSR count). The molecule has 0 radical (unpaired) electrons. The average molecular weight is 316 g/mol. The van der Waals surface area contributed by atoms with E-state index in [0.29, 0.717) is 22.3 Å². The quantitative estimate of drug-likeness (QED) is 0.436. The number of carbonyl (C=O) groups is 2. The summed E-state index contributed by atoms with van der Waals surface area (Å²) in [4.78, 5) is 31.0. The molecule has 0 saturated carbocycles. The first-order valence-corrected chi connectivity index (χ1v) is 7.08. The largest absolute Gasteiger partial charge is 0.365 e. The van der Waals surface area contributed by atoms with Crippen molar-refractivity contribution in [1.82, 2.24) is 9.97 Å². The Morgan fingerprint density at radius 2 is 2.08 bits per heavy atom. The third-order valence-electron chi connectivity index (χ3n) is 3.54. The molecular formula is C18H12N4O2. The number of amides is 1. The Balaban J connectivity index is 2.02. The normalized spacial score (nSPS) is 11.2. The Kier molecular flexibility index (Phi) is 3.91. The Morgan fingerprint density at radius 1 is 1.25 bits per heavy atom. The highest BCUT2D eigenvalue weighted by molar-refractivity contribution is 6.16. The van der Waals surface area contributed by atoms with E-state index in [-0.39, 0.29) is 11.4 Å². The van der Waals surface area contributed by atoms with Gasteiger partial charge in [-0.2, -0.15) is 5.26 Å². The lowest BCUT2D eigenvalue weighted by atomic mass is 10.0. The maximum absolute atomic E-state index is 12.7. The summed E-state index contributed by atoms with van der Waals surface area (Å²) in [6.07, 6.45) is 4.62. The van der Waals surface area contributed by atoms with Gasteiger partial charge in [-0.15, -0.1) is 0 Å². The summed E-state index contributed by atoms with van der Waals surface area (Å²) in [7, 11) is 0. The summed E-state index contributed by atoms with van der Waals surface area (Å²) in [5.74, 6) is -0.987. The minimum atomic E-state index is -0.808. The predicted molar refractivity (Wildman–Crippen MR) is 88.8 cm³/mol. The maximum Gasteiger partial charge on any atom is 0.259 e. The van der Waals surface area contributed by atoms with Gasteiger partial charge in [0.1, 0.15) is 17.3 Å². The topological polar surface area (TPSA) is 113 Å². The number of pyridine rings is 1. The van der Waals surface area contributed by atoms with Gasteiger partial charge in [0.2, 0.25) is 0 Å². The molecule has 0 bridgehead atoms. The van der Waals surface area contributed by atoms with E-state index in [0.717, 1.165) is 5.39 Å². The highest BCUT2D eigenvalue weighted by Crippen LogP contribution is 2.20. The molecule has 2 aromatic heterocycles. The third kappa shape index (κ3) is 2.78. The van der Waals surface area contributed by atoms with E-state index < -0.39 is 5.91 Å². The Bertz CT molecular complexity index is 1020. The molecule has 6 nitrogen and oxygen atoms in total. The molecule has 0 unspecified atom stereocenters. The zero-order chi connectivity index (χ0) is 17.1. The first kappa shape index (κ1) is 15.2. The molecule has 2 heterocycles. The number of aromatic nitrogens is 2. The van der Waals surface area contributed by atoms with E-state index in [1.807, 2.05) is 6.07 Å². The number of aromatic amines is 1. The molecule has 3 aromatic rings. The summed E-state index contributed by atoms with van der Waals surface area (Å²) in [6, 6.07) is 12.0. The van der Waals surface area contributed by atoms with E-state index in [1.165, 1.54) is 6.08 Å². The molecule has 3 N–H and O–H groups in total. The summed E-state index contributed by atoms with van der Waals surface area (Å²) in [5, 5.41) is 9.64. The number of fused-ring (bicyclic) bond motifs is 1. The smallest absolute Gasteiger partial charge is 0.259 e. The van der Waals surface area contributed by atoms with Gasteiger partial charge in [-0.1, -0.05) is 18.2 Å². The standard InChI is InChI=1S/C18H12N4O2/c19-9-13(17(20)24)8-11-3-1-4-12(7-11)16(23)15-10-22-18-14(15)5-2-6-21-18/h1-8,10H,(H2,20,24)(H,21,22). The number of carbonyl (C=O) groups excluding carboxylic acids is 2. The molecule has 116 valence electrons. The lowest BCUT2D eigenvalue weighted by Gasteiger charge is -2.02. The SMILES string of the molecule is N#CC(=Cc1cccc(C(=O)c2c[nH]c3ncccc23)c1)C(N)=O. The van der Waals surface area contributed by atoms with Crippen molar-refractivity contribution in [3.05, 3.63) is 71.1 Å². The number of benzene rings is 1. The highest BCUT2D eigenvalue weighted by atomic mass is 16.1. The van der Waals surface area contributed by atoms with Crippen LogP contribution in [-0.2, 0) is 4.79 Å². The maximum atomic E-state index is 12.7. The number of nitrogens with one attached hydrogen (secondary N) is 1. The monoisotopic (exact) mass is 316 g/mol. The summed E-state index contributed by atoms with van der Waals surface area (Å²) in [5.41, 5.74) is 7.09. The van der Waals surface area contributed by atoms with Crippen molar-refractivity contribution < 1.29 is 9.59 Å². The number of hydrogen-bond acceptors (Lipinski definition) is 4. The van der Waals surface area contributed by atoms with E-state index in [4.69, 9.17) is 11.0 Å². The molecular weight excluding hydrogens is 304 g/mol. The summed E-state index contributed by atoms with van der Waals surface area (Å²) in [6.45, 7) is 0. The molecule has 0 aliphatic rings. The first-order valence-electron chi connectivity index (χ1n) is 7.08. The van der Waals surface area contributed by atoms with E-state index in [9.17, 15) is 9.59 Å². The van der Waals surface area contributed by atoms with Crippen LogP contribution in [0.15, 0.2) is 54.4 Å². The van der Waals surface area contributed by atoms with Crippen molar-refractivity contribution in [3.63, 3.8) is 0 Å². The zero-order valence-electron chi connectivity index (χ0n) is 12.5. The number of nitriles is 1. The van der Waals surface area contributed by atoms with Gasteiger partial charge in [0, 0.05) is 28.9 Å². The number of nitrogens with zero attached hydrogens (tertiary/aromatic N) is 2. The second-order valence-electron chi connectivity index (χ2n) is 5.09. The van der Waals surface area contributed by atoms with Crippen LogP contribution < -0.4 is 5.73 Å². The van der Waals surface area contributed by atoms with Gasteiger partial charge in [0.25, 0.3) is 5.91 Å². The number of nitrogens with two attached hydrogens (primary N) is 1. The van der Waals surface area contributed by atoms with Crippen LogP contribution in [-0.4, -0.2) is 21.7 Å². The fourth-order valence-electron chi connectivity index (χ4n) is 2.39. The molecule has 0 atom stereocenters. The van der Waals surface area contributed by atoms with Crippen LogP contribution in [0.3, 0.4) is 0 Å². The Hall–Kier alpha value is -3.72. The van der Waals surface area contributed by atoms with Crippen molar-refractivity contribution in [2.75, 3.05) is 0 Å². The van der Waals surface area contributed by atoms with Gasteiger partial charge >= 0.3 is 0 Å². The minimum absolute atomic E-state index is 0.170. The van der Waals surface area contributed by atoms with Gasteiger partial charge in [-0.3, -0.25) is 9.59 Å². The molecule has 6 heteroatoms.